The van der Waals surface area contributed by atoms with Crippen LogP contribution in [0.3, 0.4) is 0 Å². The predicted octanol–water partition coefficient (Wildman–Crippen LogP) is 0.271. The zero-order valence-corrected chi connectivity index (χ0v) is 7.38. The zero-order chi connectivity index (χ0) is 10.6. The number of rotatable bonds is 4. The second-order valence-electron chi connectivity index (χ2n) is 2.70. The molecule has 0 amide bonds. The molecule has 0 aliphatic rings. The van der Waals surface area contributed by atoms with Crippen molar-refractivity contribution < 1.29 is 19.7 Å². The Morgan fingerprint density at radius 3 is 2.64 bits per heavy atom. The van der Waals surface area contributed by atoms with Crippen molar-refractivity contribution in [3.05, 3.63) is 23.8 Å². The highest BCUT2D eigenvalue weighted by Crippen LogP contribution is 2.28. The first-order valence-electron chi connectivity index (χ1n) is 4.00. The summed E-state index contributed by atoms with van der Waals surface area (Å²) in [4.78, 5) is 10.1. The van der Waals surface area contributed by atoms with Crippen LogP contribution in [0.15, 0.2) is 18.2 Å². The number of phenolic OH excluding ortho intramolecular Hbond substituents is 2. The molecule has 0 saturated heterocycles. The van der Waals surface area contributed by atoms with Gasteiger partial charge in [0.15, 0.2) is 11.5 Å². The van der Waals surface area contributed by atoms with Gasteiger partial charge in [-0.3, -0.25) is 4.79 Å². The van der Waals surface area contributed by atoms with Crippen LogP contribution in [0.2, 0.25) is 0 Å². The minimum atomic E-state index is -0.598. The summed E-state index contributed by atoms with van der Waals surface area (Å²) in [5.74, 6) is -0.494. The van der Waals surface area contributed by atoms with Crippen LogP contribution < -0.4 is 5.73 Å². The number of carbonyl (C=O) groups is 1. The Morgan fingerprint density at radius 1 is 1.43 bits per heavy atom. The van der Waals surface area contributed by atoms with Crippen molar-refractivity contribution in [1.82, 2.24) is 0 Å². The summed E-state index contributed by atoms with van der Waals surface area (Å²) < 4.78 is 4.67. The van der Waals surface area contributed by atoms with Crippen LogP contribution in [0.4, 0.5) is 0 Å². The molecule has 0 aromatic heterocycles. The van der Waals surface area contributed by atoms with Gasteiger partial charge < -0.3 is 20.7 Å². The fraction of sp³-hybridized carbons (Fsp3) is 0.222. The number of ether oxygens (including phenoxy) is 1. The van der Waals surface area contributed by atoms with E-state index in [0.29, 0.717) is 12.0 Å². The number of phenols is 2. The molecule has 76 valence electrons. The van der Waals surface area contributed by atoms with E-state index < -0.39 is 6.10 Å². The van der Waals surface area contributed by atoms with Gasteiger partial charge in [0, 0.05) is 6.54 Å². The molecule has 5 heteroatoms. The average Bonchev–Trinajstić information content (AvgIpc) is 2.19. The van der Waals surface area contributed by atoms with Crippen molar-refractivity contribution in [1.29, 1.82) is 0 Å². The number of nitrogens with two attached hydrogens (primary N) is 1. The summed E-state index contributed by atoms with van der Waals surface area (Å²) in [5.41, 5.74) is 5.89. The SMILES string of the molecule is NCC(OC=O)c1ccc(O)c(O)c1. The van der Waals surface area contributed by atoms with Crippen LogP contribution in [0.25, 0.3) is 0 Å². The third-order valence-corrected chi connectivity index (χ3v) is 1.81. The lowest BCUT2D eigenvalue weighted by Gasteiger charge is -2.13. The van der Waals surface area contributed by atoms with E-state index in [1.54, 1.807) is 0 Å². The van der Waals surface area contributed by atoms with Gasteiger partial charge in [-0.05, 0) is 17.7 Å². The van der Waals surface area contributed by atoms with Gasteiger partial charge in [0.05, 0.1) is 0 Å². The second kappa shape index (κ2) is 4.48. The third kappa shape index (κ3) is 2.14. The van der Waals surface area contributed by atoms with E-state index in [-0.39, 0.29) is 18.0 Å². The van der Waals surface area contributed by atoms with Gasteiger partial charge >= 0.3 is 0 Å². The van der Waals surface area contributed by atoms with Crippen LogP contribution in [0.1, 0.15) is 11.7 Å². The first-order valence-corrected chi connectivity index (χ1v) is 4.00. The number of benzene rings is 1. The topological polar surface area (TPSA) is 92.8 Å². The molecule has 0 saturated carbocycles. The maximum Gasteiger partial charge on any atom is 0.293 e. The van der Waals surface area contributed by atoms with Gasteiger partial charge in [-0.2, -0.15) is 0 Å². The Kier molecular flexibility index (Phi) is 3.30. The average molecular weight is 197 g/mol. The Balaban J connectivity index is 2.93. The van der Waals surface area contributed by atoms with Crippen LogP contribution in [0, 0.1) is 0 Å². The largest absolute Gasteiger partial charge is 0.504 e. The Labute approximate surface area is 80.7 Å². The molecule has 0 aliphatic carbocycles. The highest BCUT2D eigenvalue weighted by Gasteiger charge is 2.11. The van der Waals surface area contributed by atoms with E-state index in [4.69, 9.17) is 10.8 Å². The number of hydrogen-bond donors (Lipinski definition) is 3. The summed E-state index contributed by atoms with van der Waals surface area (Å²) >= 11 is 0. The molecule has 0 radical (unpaired) electrons. The molecule has 1 unspecified atom stereocenters. The van der Waals surface area contributed by atoms with Crippen molar-refractivity contribution in [2.24, 2.45) is 5.73 Å². The Morgan fingerprint density at radius 2 is 2.14 bits per heavy atom. The van der Waals surface area contributed by atoms with E-state index >= 15 is 0 Å². The number of aromatic hydroxyl groups is 2. The van der Waals surface area contributed by atoms with Crippen LogP contribution in [0.5, 0.6) is 11.5 Å². The number of hydrogen-bond acceptors (Lipinski definition) is 5. The first kappa shape index (κ1) is 10.3. The van der Waals surface area contributed by atoms with Gasteiger partial charge in [-0.1, -0.05) is 6.07 Å². The standard InChI is InChI=1S/C9H11NO4/c10-4-9(14-5-11)6-1-2-7(12)8(13)3-6/h1-3,5,9,12-13H,4,10H2. The van der Waals surface area contributed by atoms with E-state index in [2.05, 4.69) is 4.74 Å². The van der Waals surface area contributed by atoms with Crippen molar-refractivity contribution in [3.63, 3.8) is 0 Å². The van der Waals surface area contributed by atoms with Crippen molar-refractivity contribution in [3.8, 4) is 11.5 Å². The maximum atomic E-state index is 10.1. The van der Waals surface area contributed by atoms with E-state index in [9.17, 15) is 9.90 Å². The van der Waals surface area contributed by atoms with Gasteiger partial charge in [0.25, 0.3) is 6.47 Å². The molecular formula is C9H11NO4. The molecule has 0 fully saturated rings. The summed E-state index contributed by atoms with van der Waals surface area (Å²) in [6, 6.07) is 4.13. The Bertz CT molecular complexity index is 327. The second-order valence-corrected chi connectivity index (χ2v) is 2.70. The van der Waals surface area contributed by atoms with Gasteiger partial charge in [-0.15, -0.1) is 0 Å². The minimum Gasteiger partial charge on any atom is -0.504 e. The molecular weight excluding hydrogens is 186 g/mol. The van der Waals surface area contributed by atoms with E-state index in [1.807, 2.05) is 0 Å². The van der Waals surface area contributed by atoms with Gasteiger partial charge in [-0.25, -0.2) is 0 Å². The Hall–Kier alpha value is -1.75. The lowest BCUT2D eigenvalue weighted by Crippen LogP contribution is -2.15. The van der Waals surface area contributed by atoms with Gasteiger partial charge in [0.2, 0.25) is 0 Å². The molecule has 14 heavy (non-hydrogen) atoms. The van der Waals surface area contributed by atoms with E-state index in [1.165, 1.54) is 18.2 Å². The molecule has 4 N–H and O–H groups in total. The fourth-order valence-corrected chi connectivity index (χ4v) is 1.08. The summed E-state index contributed by atoms with van der Waals surface area (Å²) in [5, 5.41) is 18.2. The molecule has 1 rings (SSSR count). The van der Waals surface area contributed by atoms with Crippen molar-refractivity contribution in [2.75, 3.05) is 6.54 Å². The molecule has 0 bridgehead atoms. The maximum absolute atomic E-state index is 10.1. The molecule has 1 aromatic rings. The summed E-state index contributed by atoms with van der Waals surface area (Å²) in [7, 11) is 0. The monoisotopic (exact) mass is 197 g/mol. The fourth-order valence-electron chi connectivity index (χ4n) is 1.08. The molecule has 1 aromatic carbocycles. The normalized spacial score (nSPS) is 12.1. The highest BCUT2D eigenvalue weighted by atomic mass is 16.5. The first-order chi connectivity index (χ1) is 6.69. The third-order valence-electron chi connectivity index (χ3n) is 1.81. The molecule has 0 aliphatic heterocycles. The highest BCUT2D eigenvalue weighted by molar-refractivity contribution is 5.43. The van der Waals surface area contributed by atoms with Gasteiger partial charge in [0.1, 0.15) is 6.10 Å². The lowest BCUT2D eigenvalue weighted by atomic mass is 10.1. The molecule has 5 nitrogen and oxygen atoms in total. The number of carbonyl (C=O) groups excluding carboxylic acids is 1. The smallest absolute Gasteiger partial charge is 0.293 e. The van der Waals surface area contributed by atoms with Crippen LogP contribution >= 0.6 is 0 Å². The quantitative estimate of drug-likeness (QED) is 0.476. The van der Waals surface area contributed by atoms with Crippen LogP contribution in [-0.4, -0.2) is 23.2 Å². The molecule has 0 spiro atoms. The summed E-state index contributed by atoms with van der Waals surface area (Å²) in [6.07, 6.45) is -0.598. The summed E-state index contributed by atoms with van der Waals surface area (Å²) in [6.45, 7) is 0.407. The molecule has 1 atom stereocenters. The predicted molar refractivity (Wildman–Crippen MR) is 48.7 cm³/mol. The lowest BCUT2D eigenvalue weighted by molar-refractivity contribution is -0.133. The molecule has 0 heterocycles. The van der Waals surface area contributed by atoms with Crippen LogP contribution in [-0.2, 0) is 9.53 Å². The van der Waals surface area contributed by atoms with E-state index in [0.717, 1.165) is 0 Å². The van der Waals surface area contributed by atoms with Crippen molar-refractivity contribution in [2.45, 2.75) is 6.10 Å². The minimum absolute atomic E-state index is 0.114. The van der Waals surface area contributed by atoms with Crippen molar-refractivity contribution >= 4 is 6.47 Å². The zero-order valence-electron chi connectivity index (χ0n) is 7.38.